The van der Waals surface area contributed by atoms with E-state index >= 15 is 0 Å². The Balaban J connectivity index is 1.32. The number of aromatic nitrogens is 1. The van der Waals surface area contributed by atoms with Crippen LogP contribution < -0.4 is 10.5 Å². The number of hydrogen-bond acceptors (Lipinski definition) is 3. The molecule has 1 aliphatic heterocycles. The molecule has 3 N–H and O–H groups in total. The summed E-state index contributed by atoms with van der Waals surface area (Å²) in [5.41, 5.74) is 8.32. The van der Waals surface area contributed by atoms with E-state index in [0.29, 0.717) is 32.4 Å². The van der Waals surface area contributed by atoms with Crippen molar-refractivity contribution in [1.29, 1.82) is 0 Å². The second-order valence-electron chi connectivity index (χ2n) is 7.24. The SMILES string of the molecule is N[C@@H](Cc1c[nH]c2ccccc12)C(=O)N1CCC(Oc2ccccc2F)CC1. The van der Waals surface area contributed by atoms with Crippen LogP contribution in [0.25, 0.3) is 10.9 Å². The summed E-state index contributed by atoms with van der Waals surface area (Å²) in [6.07, 6.45) is 3.66. The molecule has 4 rings (SSSR count). The molecule has 3 aromatic rings. The molecular formula is C22H24FN3O2. The Morgan fingerprint density at radius 3 is 2.68 bits per heavy atom. The third-order valence-corrected chi connectivity index (χ3v) is 5.32. The molecule has 1 amide bonds. The average Bonchev–Trinajstić information content (AvgIpc) is 3.13. The van der Waals surface area contributed by atoms with Gasteiger partial charge in [-0.15, -0.1) is 0 Å². The predicted molar refractivity (Wildman–Crippen MR) is 107 cm³/mol. The molecule has 1 fully saturated rings. The molecule has 2 aromatic carbocycles. The minimum atomic E-state index is -0.580. The summed E-state index contributed by atoms with van der Waals surface area (Å²) in [7, 11) is 0. The van der Waals surface area contributed by atoms with Gasteiger partial charge in [-0.2, -0.15) is 0 Å². The van der Waals surface area contributed by atoms with Crippen molar-refractivity contribution in [1.82, 2.24) is 9.88 Å². The number of nitrogens with one attached hydrogen (secondary N) is 1. The lowest BCUT2D eigenvalue weighted by molar-refractivity contribution is -0.134. The summed E-state index contributed by atoms with van der Waals surface area (Å²) < 4.78 is 19.5. The number of rotatable bonds is 5. The van der Waals surface area contributed by atoms with Crippen LogP contribution >= 0.6 is 0 Å². The Morgan fingerprint density at radius 1 is 1.18 bits per heavy atom. The summed E-state index contributed by atoms with van der Waals surface area (Å²) in [5, 5.41) is 1.10. The van der Waals surface area contributed by atoms with Gasteiger partial charge in [-0.05, 0) is 30.2 Å². The first kappa shape index (κ1) is 18.5. The Bertz CT molecular complexity index is 963. The molecular weight excluding hydrogens is 357 g/mol. The monoisotopic (exact) mass is 381 g/mol. The number of nitrogens with two attached hydrogens (primary N) is 1. The summed E-state index contributed by atoms with van der Waals surface area (Å²) in [6.45, 7) is 1.14. The lowest BCUT2D eigenvalue weighted by Gasteiger charge is -2.33. The van der Waals surface area contributed by atoms with E-state index in [-0.39, 0.29) is 23.6 Å². The normalized spacial score (nSPS) is 16.3. The molecule has 1 saturated heterocycles. The highest BCUT2D eigenvalue weighted by atomic mass is 19.1. The van der Waals surface area contributed by atoms with Crippen LogP contribution in [0.3, 0.4) is 0 Å². The lowest BCUT2D eigenvalue weighted by Crippen LogP contribution is -2.49. The fourth-order valence-electron chi connectivity index (χ4n) is 3.77. The molecule has 146 valence electrons. The second kappa shape index (κ2) is 8.02. The predicted octanol–water partition coefficient (Wildman–Crippen LogP) is 3.25. The quantitative estimate of drug-likeness (QED) is 0.713. The van der Waals surface area contributed by atoms with E-state index in [1.54, 1.807) is 23.1 Å². The van der Waals surface area contributed by atoms with Gasteiger partial charge < -0.3 is 20.4 Å². The molecule has 0 saturated carbocycles. The topological polar surface area (TPSA) is 71.4 Å². The van der Waals surface area contributed by atoms with Crippen LogP contribution in [0.4, 0.5) is 4.39 Å². The summed E-state index contributed by atoms with van der Waals surface area (Å²) in [6, 6.07) is 13.8. The molecule has 1 aromatic heterocycles. The number of carbonyl (C=O) groups excluding carboxylic acids is 1. The van der Waals surface area contributed by atoms with Crippen molar-refractivity contribution in [3.05, 3.63) is 66.1 Å². The molecule has 0 bridgehead atoms. The van der Waals surface area contributed by atoms with Gasteiger partial charge in [0.05, 0.1) is 6.04 Å². The van der Waals surface area contributed by atoms with Gasteiger partial charge in [-0.25, -0.2) is 4.39 Å². The number of amides is 1. The van der Waals surface area contributed by atoms with Crippen LogP contribution in [0.5, 0.6) is 5.75 Å². The van der Waals surface area contributed by atoms with Crippen LogP contribution in [-0.4, -0.2) is 41.0 Å². The molecule has 28 heavy (non-hydrogen) atoms. The van der Waals surface area contributed by atoms with Crippen molar-refractivity contribution in [3.63, 3.8) is 0 Å². The number of likely N-dealkylation sites (tertiary alicyclic amines) is 1. The summed E-state index contributed by atoms with van der Waals surface area (Å²) in [4.78, 5) is 17.8. The smallest absolute Gasteiger partial charge is 0.239 e. The van der Waals surface area contributed by atoms with Gasteiger partial charge in [0.1, 0.15) is 6.10 Å². The molecule has 0 aliphatic carbocycles. The number of H-pyrrole nitrogens is 1. The van der Waals surface area contributed by atoms with Crippen molar-refractivity contribution < 1.29 is 13.9 Å². The maximum atomic E-state index is 13.7. The summed E-state index contributed by atoms with van der Waals surface area (Å²) in [5.74, 6) is -0.139. The van der Waals surface area contributed by atoms with Gasteiger partial charge in [0.2, 0.25) is 5.91 Å². The third-order valence-electron chi connectivity index (χ3n) is 5.32. The average molecular weight is 381 g/mol. The Labute approximate surface area is 163 Å². The first-order valence-electron chi connectivity index (χ1n) is 9.62. The number of nitrogens with zero attached hydrogens (tertiary/aromatic N) is 1. The largest absolute Gasteiger partial charge is 0.487 e. The Morgan fingerprint density at radius 2 is 1.89 bits per heavy atom. The van der Waals surface area contributed by atoms with E-state index in [9.17, 15) is 9.18 Å². The van der Waals surface area contributed by atoms with Crippen molar-refractivity contribution in [2.75, 3.05) is 13.1 Å². The first-order chi connectivity index (χ1) is 13.6. The molecule has 1 atom stereocenters. The molecule has 6 heteroatoms. The fourth-order valence-corrected chi connectivity index (χ4v) is 3.77. The zero-order chi connectivity index (χ0) is 19.5. The number of carbonyl (C=O) groups is 1. The van der Waals surface area contributed by atoms with Crippen LogP contribution in [0.1, 0.15) is 18.4 Å². The van der Waals surface area contributed by atoms with E-state index in [2.05, 4.69) is 4.98 Å². The van der Waals surface area contributed by atoms with E-state index in [1.807, 2.05) is 30.5 Å². The molecule has 0 radical (unpaired) electrons. The molecule has 5 nitrogen and oxygen atoms in total. The number of benzene rings is 2. The summed E-state index contributed by atoms with van der Waals surface area (Å²) >= 11 is 0. The number of piperidine rings is 1. The van der Waals surface area contributed by atoms with Crippen LogP contribution in [-0.2, 0) is 11.2 Å². The van der Waals surface area contributed by atoms with E-state index < -0.39 is 6.04 Å². The second-order valence-corrected chi connectivity index (χ2v) is 7.24. The Hall–Kier alpha value is -2.86. The number of halogens is 1. The number of para-hydroxylation sites is 2. The highest BCUT2D eigenvalue weighted by Gasteiger charge is 2.28. The fraction of sp³-hybridized carbons (Fsp3) is 0.318. The minimum Gasteiger partial charge on any atom is -0.487 e. The van der Waals surface area contributed by atoms with Crippen molar-refractivity contribution >= 4 is 16.8 Å². The van der Waals surface area contributed by atoms with E-state index in [4.69, 9.17) is 10.5 Å². The first-order valence-corrected chi connectivity index (χ1v) is 9.62. The van der Waals surface area contributed by atoms with Gasteiger partial charge in [0.25, 0.3) is 0 Å². The lowest BCUT2D eigenvalue weighted by atomic mass is 10.0. The number of ether oxygens (including phenoxy) is 1. The van der Waals surface area contributed by atoms with Crippen molar-refractivity contribution in [2.24, 2.45) is 5.73 Å². The molecule has 0 unspecified atom stereocenters. The van der Waals surface area contributed by atoms with Gasteiger partial charge in [0.15, 0.2) is 11.6 Å². The number of hydrogen-bond donors (Lipinski definition) is 2. The standard InChI is InChI=1S/C22H24FN3O2/c23-18-6-2-4-8-21(18)28-16-9-11-26(12-10-16)22(27)19(24)13-15-14-25-20-7-3-1-5-17(15)20/h1-8,14,16,19,25H,9-13,24H2/t19-/m0/s1. The maximum absolute atomic E-state index is 13.7. The van der Waals surface area contributed by atoms with E-state index in [1.165, 1.54) is 6.07 Å². The maximum Gasteiger partial charge on any atom is 0.239 e. The molecule has 2 heterocycles. The van der Waals surface area contributed by atoms with E-state index in [0.717, 1.165) is 16.5 Å². The van der Waals surface area contributed by atoms with Gasteiger partial charge in [-0.3, -0.25) is 4.79 Å². The van der Waals surface area contributed by atoms with Gasteiger partial charge in [0, 0.05) is 43.0 Å². The molecule has 0 spiro atoms. The highest BCUT2D eigenvalue weighted by molar-refractivity contribution is 5.86. The van der Waals surface area contributed by atoms with Gasteiger partial charge in [-0.1, -0.05) is 30.3 Å². The zero-order valence-electron chi connectivity index (χ0n) is 15.6. The number of fused-ring (bicyclic) bond motifs is 1. The van der Waals surface area contributed by atoms with Crippen LogP contribution in [0.15, 0.2) is 54.7 Å². The zero-order valence-corrected chi connectivity index (χ0v) is 15.6. The van der Waals surface area contributed by atoms with Crippen LogP contribution in [0, 0.1) is 5.82 Å². The molecule has 1 aliphatic rings. The Kier molecular flexibility index (Phi) is 5.30. The van der Waals surface area contributed by atoms with Crippen molar-refractivity contribution in [3.8, 4) is 5.75 Å². The third kappa shape index (κ3) is 3.87. The highest BCUT2D eigenvalue weighted by Crippen LogP contribution is 2.23. The number of aromatic amines is 1. The minimum absolute atomic E-state index is 0.0466. The van der Waals surface area contributed by atoms with Crippen molar-refractivity contribution in [2.45, 2.75) is 31.4 Å². The van der Waals surface area contributed by atoms with Gasteiger partial charge >= 0.3 is 0 Å². The van der Waals surface area contributed by atoms with Crippen LogP contribution in [0.2, 0.25) is 0 Å².